The highest BCUT2D eigenvalue weighted by Crippen LogP contribution is 2.24. The molecule has 1 unspecified atom stereocenters. The third-order valence-corrected chi connectivity index (χ3v) is 2.84. The quantitative estimate of drug-likeness (QED) is 0.601. The van der Waals surface area contributed by atoms with Crippen LogP contribution in [0.1, 0.15) is 38.7 Å². The number of ether oxygens (including phenoxy) is 1. The molecule has 0 saturated heterocycles. The van der Waals surface area contributed by atoms with Crippen molar-refractivity contribution in [3.8, 4) is 5.75 Å². The van der Waals surface area contributed by atoms with E-state index in [4.69, 9.17) is 4.74 Å². The lowest BCUT2D eigenvalue weighted by molar-refractivity contribution is 0.111. The molecule has 0 radical (unpaired) electrons. The smallest absolute Gasteiger partial charge is 0.118 e. The van der Waals surface area contributed by atoms with Crippen LogP contribution >= 0.6 is 0 Å². The van der Waals surface area contributed by atoms with Crippen LogP contribution in [0.25, 0.3) is 0 Å². The maximum atomic E-state index is 10.3. The van der Waals surface area contributed by atoms with Gasteiger partial charge in [-0.2, -0.15) is 0 Å². The van der Waals surface area contributed by atoms with E-state index in [0.29, 0.717) is 0 Å². The Morgan fingerprint density at radius 2 is 1.94 bits per heavy atom. The third-order valence-electron chi connectivity index (χ3n) is 2.84. The van der Waals surface area contributed by atoms with Gasteiger partial charge in [-0.25, -0.2) is 0 Å². The second kappa shape index (κ2) is 6.45. The van der Waals surface area contributed by atoms with Gasteiger partial charge in [-0.1, -0.05) is 44.1 Å². The Morgan fingerprint density at radius 3 is 2.47 bits per heavy atom. The predicted octanol–water partition coefficient (Wildman–Crippen LogP) is 3.65. The maximum absolute atomic E-state index is 10.3. The largest absolute Gasteiger partial charge is 0.497 e. The standard InChI is InChI=1S/C15H22O2/c1-4-5-6-7-12-15(2,16)13-8-10-14(17-3)11-9-13/h7-12,16H,4-6H2,1-3H3/b12-7+. The molecule has 0 fully saturated rings. The Morgan fingerprint density at radius 1 is 1.29 bits per heavy atom. The van der Waals surface area contributed by atoms with Crippen LogP contribution in [-0.4, -0.2) is 12.2 Å². The van der Waals surface area contributed by atoms with Gasteiger partial charge in [0.1, 0.15) is 11.4 Å². The van der Waals surface area contributed by atoms with Crippen LogP contribution in [0.2, 0.25) is 0 Å². The van der Waals surface area contributed by atoms with Gasteiger partial charge in [0.05, 0.1) is 7.11 Å². The van der Waals surface area contributed by atoms with Crippen molar-refractivity contribution in [1.29, 1.82) is 0 Å². The predicted molar refractivity (Wildman–Crippen MR) is 71.2 cm³/mol. The van der Waals surface area contributed by atoms with Gasteiger partial charge in [0.15, 0.2) is 0 Å². The maximum Gasteiger partial charge on any atom is 0.118 e. The lowest BCUT2D eigenvalue weighted by atomic mass is 9.95. The molecule has 1 N–H and O–H groups in total. The van der Waals surface area contributed by atoms with E-state index in [2.05, 4.69) is 6.92 Å². The number of methoxy groups -OCH3 is 1. The SMILES string of the molecule is CCCC/C=C/C(C)(O)c1ccc(OC)cc1. The first kappa shape index (κ1) is 13.8. The van der Waals surface area contributed by atoms with Gasteiger partial charge in [0, 0.05) is 0 Å². The van der Waals surface area contributed by atoms with Crippen LogP contribution in [0.3, 0.4) is 0 Å². The molecule has 0 aromatic heterocycles. The van der Waals surface area contributed by atoms with Crippen molar-refractivity contribution in [2.75, 3.05) is 7.11 Å². The highest BCUT2D eigenvalue weighted by atomic mass is 16.5. The van der Waals surface area contributed by atoms with Crippen LogP contribution in [0.4, 0.5) is 0 Å². The molecule has 1 aromatic rings. The molecule has 2 heteroatoms. The summed E-state index contributed by atoms with van der Waals surface area (Å²) in [4.78, 5) is 0. The van der Waals surface area contributed by atoms with Gasteiger partial charge in [-0.05, 0) is 31.0 Å². The van der Waals surface area contributed by atoms with Crippen molar-refractivity contribution in [2.24, 2.45) is 0 Å². The molecule has 0 amide bonds. The van der Waals surface area contributed by atoms with Crippen LogP contribution in [0.5, 0.6) is 5.75 Å². The van der Waals surface area contributed by atoms with Crippen molar-refractivity contribution in [3.05, 3.63) is 42.0 Å². The molecule has 0 aliphatic carbocycles. The number of unbranched alkanes of at least 4 members (excludes halogenated alkanes) is 2. The molecule has 0 heterocycles. The summed E-state index contributed by atoms with van der Waals surface area (Å²) in [5.74, 6) is 0.805. The minimum absolute atomic E-state index is 0.805. The first-order valence-electron chi connectivity index (χ1n) is 6.14. The van der Waals surface area contributed by atoms with E-state index in [9.17, 15) is 5.11 Å². The van der Waals surface area contributed by atoms with Crippen molar-refractivity contribution in [3.63, 3.8) is 0 Å². The average molecular weight is 234 g/mol. The summed E-state index contributed by atoms with van der Waals surface area (Å²) in [6, 6.07) is 7.51. The Bertz CT molecular complexity index is 350. The fourth-order valence-electron chi connectivity index (χ4n) is 1.66. The van der Waals surface area contributed by atoms with Crippen molar-refractivity contribution >= 4 is 0 Å². The van der Waals surface area contributed by atoms with Gasteiger partial charge in [0.25, 0.3) is 0 Å². The van der Waals surface area contributed by atoms with Crippen molar-refractivity contribution in [2.45, 2.75) is 38.7 Å². The topological polar surface area (TPSA) is 29.5 Å². The molecule has 0 aliphatic heterocycles. The lowest BCUT2D eigenvalue weighted by Gasteiger charge is -2.19. The Balaban J connectivity index is 2.70. The lowest BCUT2D eigenvalue weighted by Crippen LogP contribution is -2.17. The van der Waals surface area contributed by atoms with Crippen molar-refractivity contribution < 1.29 is 9.84 Å². The molecule has 17 heavy (non-hydrogen) atoms. The summed E-state index contributed by atoms with van der Waals surface area (Å²) in [5, 5.41) is 10.3. The van der Waals surface area contributed by atoms with E-state index in [1.165, 1.54) is 6.42 Å². The van der Waals surface area contributed by atoms with Gasteiger partial charge in [-0.15, -0.1) is 0 Å². The van der Waals surface area contributed by atoms with Crippen LogP contribution in [0, 0.1) is 0 Å². The van der Waals surface area contributed by atoms with Gasteiger partial charge in [0.2, 0.25) is 0 Å². The van der Waals surface area contributed by atoms with E-state index in [1.807, 2.05) is 36.4 Å². The van der Waals surface area contributed by atoms with E-state index < -0.39 is 5.60 Å². The monoisotopic (exact) mass is 234 g/mol. The third kappa shape index (κ3) is 4.23. The summed E-state index contributed by atoms with van der Waals surface area (Å²) >= 11 is 0. The molecule has 2 nitrogen and oxygen atoms in total. The summed E-state index contributed by atoms with van der Waals surface area (Å²) in [6.45, 7) is 3.96. The van der Waals surface area contributed by atoms with Gasteiger partial charge in [-0.3, -0.25) is 0 Å². The number of hydrogen-bond acceptors (Lipinski definition) is 2. The zero-order valence-corrected chi connectivity index (χ0v) is 10.9. The molecule has 0 aliphatic rings. The number of benzene rings is 1. The second-order valence-corrected chi connectivity index (χ2v) is 4.42. The minimum atomic E-state index is -0.903. The van der Waals surface area contributed by atoms with Crippen LogP contribution in [0.15, 0.2) is 36.4 Å². The Hall–Kier alpha value is -1.28. The highest BCUT2D eigenvalue weighted by molar-refractivity contribution is 5.32. The highest BCUT2D eigenvalue weighted by Gasteiger charge is 2.18. The summed E-state index contributed by atoms with van der Waals surface area (Å²) in [5.41, 5.74) is -0.0222. The minimum Gasteiger partial charge on any atom is -0.497 e. The van der Waals surface area contributed by atoms with Crippen LogP contribution in [-0.2, 0) is 5.60 Å². The van der Waals surface area contributed by atoms with E-state index >= 15 is 0 Å². The molecular formula is C15H22O2. The van der Waals surface area contributed by atoms with Gasteiger partial charge < -0.3 is 9.84 Å². The Labute approximate surface area is 104 Å². The van der Waals surface area contributed by atoms with E-state index in [1.54, 1.807) is 14.0 Å². The first-order chi connectivity index (χ1) is 8.10. The second-order valence-electron chi connectivity index (χ2n) is 4.42. The van der Waals surface area contributed by atoms with Crippen LogP contribution < -0.4 is 4.74 Å². The molecule has 0 bridgehead atoms. The zero-order chi connectivity index (χ0) is 12.7. The summed E-state index contributed by atoms with van der Waals surface area (Å²) in [7, 11) is 1.64. The zero-order valence-electron chi connectivity index (χ0n) is 10.9. The summed E-state index contributed by atoms with van der Waals surface area (Å²) in [6.07, 6.45) is 7.27. The summed E-state index contributed by atoms with van der Waals surface area (Å²) < 4.78 is 5.10. The molecule has 0 spiro atoms. The number of allylic oxidation sites excluding steroid dienone is 1. The number of rotatable bonds is 6. The van der Waals surface area contributed by atoms with Crippen molar-refractivity contribution in [1.82, 2.24) is 0 Å². The normalized spacial score (nSPS) is 14.8. The molecule has 1 atom stereocenters. The first-order valence-corrected chi connectivity index (χ1v) is 6.14. The average Bonchev–Trinajstić information content (AvgIpc) is 2.35. The molecule has 1 aromatic carbocycles. The Kier molecular flexibility index (Phi) is 5.23. The number of aliphatic hydroxyl groups is 1. The molecule has 1 rings (SSSR count). The van der Waals surface area contributed by atoms with E-state index in [0.717, 1.165) is 24.2 Å². The van der Waals surface area contributed by atoms with E-state index in [-0.39, 0.29) is 0 Å². The van der Waals surface area contributed by atoms with Gasteiger partial charge >= 0.3 is 0 Å². The fraction of sp³-hybridized carbons (Fsp3) is 0.467. The fourth-order valence-corrected chi connectivity index (χ4v) is 1.66. The molecule has 0 saturated carbocycles. The number of hydrogen-bond donors (Lipinski definition) is 1. The molecule has 94 valence electrons. The molecular weight excluding hydrogens is 212 g/mol.